The third-order valence-electron chi connectivity index (χ3n) is 3.43. The molecular weight excluding hydrogens is 266 g/mol. The third-order valence-corrected chi connectivity index (χ3v) is 3.43. The maximum Gasteiger partial charge on any atom is 0.240 e. The van der Waals surface area contributed by atoms with Crippen LogP contribution in [0.1, 0.15) is 38.9 Å². The summed E-state index contributed by atoms with van der Waals surface area (Å²) in [5, 5.41) is 7.16. The molecule has 6 nitrogen and oxygen atoms in total. The number of nitrogens with zero attached hydrogens (tertiary/aromatic N) is 3. The summed E-state index contributed by atoms with van der Waals surface area (Å²) in [5.41, 5.74) is 5.24. The van der Waals surface area contributed by atoms with Crippen LogP contribution >= 0.6 is 12.4 Å². The van der Waals surface area contributed by atoms with E-state index in [4.69, 9.17) is 5.73 Å². The molecule has 2 unspecified atom stereocenters. The molecule has 1 aromatic heterocycles. The number of nitrogens with two attached hydrogens (primary N) is 1. The van der Waals surface area contributed by atoms with Gasteiger partial charge in [0.15, 0.2) is 0 Å². The number of hydrogen-bond acceptors (Lipinski definition) is 4. The van der Waals surface area contributed by atoms with Crippen molar-refractivity contribution in [2.24, 2.45) is 5.73 Å². The van der Waals surface area contributed by atoms with Crippen molar-refractivity contribution in [1.82, 2.24) is 20.1 Å². The summed E-state index contributed by atoms with van der Waals surface area (Å²) in [6.45, 7) is 4.50. The van der Waals surface area contributed by atoms with Crippen LogP contribution in [0.25, 0.3) is 0 Å². The van der Waals surface area contributed by atoms with E-state index >= 15 is 0 Å². The molecular formula is C12H22ClN5O. The molecule has 108 valence electrons. The van der Waals surface area contributed by atoms with Crippen LogP contribution in [0, 0.1) is 0 Å². The number of fused-ring (bicyclic) bond motifs is 1. The first-order valence-electron chi connectivity index (χ1n) is 6.49. The highest BCUT2D eigenvalue weighted by Crippen LogP contribution is 2.14. The average Bonchev–Trinajstić information content (AvgIpc) is 2.76. The van der Waals surface area contributed by atoms with Gasteiger partial charge >= 0.3 is 0 Å². The minimum absolute atomic E-state index is 0. The Morgan fingerprint density at radius 1 is 1.68 bits per heavy atom. The highest BCUT2D eigenvalue weighted by molar-refractivity contribution is 5.86. The predicted molar refractivity (Wildman–Crippen MR) is 75.0 cm³/mol. The quantitative estimate of drug-likeness (QED) is 0.851. The van der Waals surface area contributed by atoms with E-state index in [1.54, 1.807) is 13.3 Å². The molecule has 1 amide bonds. The Morgan fingerprint density at radius 3 is 3.11 bits per heavy atom. The van der Waals surface area contributed by atoms with Crippen LogP contribution in [0.4, 0.5) is 0 Å². The van der Waals surface area contributed by atoms with Gasteiger partial charge in [0, 0.05) is 12.5 Å². The minimum atomic E-state index is -0.780. The first-order chi connectivity index (χ1) is 8.53. The molecule has 0 radical (unpaired) electrons. The molecule has 2 heterocycles. The number of carbonyl (C=O) groups excluding carboxylic acids is 1. The van der Waals surface area contributed by atoms with Gasteiger partial charge < -0.3 is 11.1 Å². The van der Waals surface area contributed by atoms with Crippen LogP contribution in [0.3, 0.4) is 0 Å². The van der Waals surface area contributed by atoms with Gasteiger partial charge in [0.2, 0.25) is 5.91 Å². The van der Waals surface area contributed by atoms with E-state index < -0.39 is 5.54 Å². The lowest BCUT2D eigenvalue weighted by atomic mass is 9.95. The molecule has 0 saturated carbocycles. The molecule has 2 atom stereocenters. The Balaban J connectivity index is 0.00000180. The van der Waals surface area contributed by atoms with Crippen molar-refractivity contribution in [2.45, 2.75) is 57.7 Å². The van der Waals surface area contributed by atoms with Gasteiger partial charge in [-0.15, -0.1) is 12.4 Å². The summed E-state index contributed by atoms with van der Waals surface area (Å²) in [6, 6.07) is 0.103. The second-order valence-corrected chi connectivity index (χ2v) is 5.23. The van der Waals surface area contributed by atoms with Crippen LogP contribution in [-0.2, 0) is 17.8 Å². The molecule has 2 rings (SSSR count). The van der Waals surface area contributed by atoms with E-state index in [9.17, 15) is 4.79 Å². The van der Waals surface area contributed by atoms with Crippen molar-refractivity contribution in [1.29, 1.82) is 0 Å². The lowest BCUT2D eigenvalue weighted by molar-refractivity contribution is -0.127. The first-order valence-corrected chi connectivity index (χ1v) is 6.49. The van der Waals surface area contributed by atoms with Gasteiger partial charge in [-0.25, -0.2) is 9.67 Å². The molecule has 0 aliphatic carbocycles. The van der Waals surface area contributed by atoms with Crippen molar-refractivity contribution in [3.05, 3.63) is 12.2 Å². The van der Waals surface area contributed by atoms with E-state index in [-0.39, 0.29) is 24.4 Å². The summed E-state index contributed by atoms with van der Waals surface area (Å²) in [6.07, 6.45) is 4.90. The van der Waals surface area contributed by atoms with Gasteiger partial charge in [-0.3, -0.25) is 4.79 Å². The molecule has 1 aliphatic heterocycles. The number of aryl methyl sites for hydroxylation is 1. The molecule has 3 N–H and O–H groups in total. The standard InChI is InChI=1S/C12H21N5O.ClH/c1-3-6-12(2,13)11(18)16-9-4-5-10-14-8-15-17(10)7-9;/h8-9H,3-7,13H2,1-2H3,(H,16,18);1H. The van der Waals surface area contributed by atoms with Gasteiger partial charge in [-0.2, -0.15) is 5.10 Å². The van der Waals surface area contributed by atoms with Gasteiger partial charge in [0.05, 0.1) is 12.1 Å². The number of aromatic nitrogens is 3. The molecule has 1 aliphatic rings. The molecule has 19 heavy (non-hydrogen) atoms. The zero-order chi connectivity index (χ0) is 13.2. The molecule has 0 fully saturated rings. The van der Waals surface area contributed by atoms with Gasteiger partial charge in [-0.1, -0.05) is 13.3 Å². The van der Waals surface area contributed by atoms with Crippen LogP contribution in [0.2, 0.25) is 0 Å². The zero-order valence-electron chi connectivity index (χ0n) is 11.4. The van der Waals surface area contributed by atoms with Crippen molar-refractivity contribution < 1.29 is 4.79 Å². The SMILES string of the molecule is CCCC(C)(N)C(=O)NC1CCc2ncnn2C1.Cl. The number of nitrogens with one attached hydrogen (secondary N) is 1. The van der Waals surface area contributed by atoms with Crippen molar-refractivity contribution >= 4 is 18.3 Å². The predicted octanol–water partition coefficient (Wildman–Crippen LogP) is 0.648. The summed E-state index contributed by atoms with van der Waals surface area (Å²) in [5.74, 6) is 0.919. The van der Waals surface area contributed by atoms with E-state index in [0.29, 0.717) is 13.0 Å². The largest absolute Gasteiger partial charge is 0.350 e. The highest BCUT2D eigenvalue weighted by atomic mass is 35.5. The summed E-state index contributed by atoms with van der Waals surface area (Å²) in [7, 11) is 0. The molecule has 0 spiro atoms. The van der Waals surface area contributed by atoms with Gasteiger partial charge in [0.25, 0.3) is 0 Å². The second-order valence-electron chi connectivity index (χ2n) is 5.23. The van der Waals surface area contributed by atoms with E-state index in [1.165, 1.54) is 0 Å². The van der Waals surface area contributed by atoms with E-state index in [1.807, 2.05) is 11.6 Å². The monoisotopic (exact) mass is 287 g/mol. The highest BCUT2D eigenvalue weighted by Gasteiger charge is 2.30. The van der Waals surface area contributed by atoms with E-state index in [2.05, 4.69) is 15.4 Å². The molecule has 0 bridgehead atoms. The topological polar surface area (TPSA) is 85.8 Å². The number of hydrogen-bond donors (Lipinski definition) is 2. The Morgan fingerprint density at radius 2 is 2.42 bits per heavy atom. The molecule has 1 aromatic rings. The Hall–Kier alpha value is -1.14. The zero-order valence-corrected chi connectivity index (χ0v) is 12.2. The lowest BCUT2D eigenvalue weighted by Gasteiger charge is -2.29. The van der Waals surface area contributed by atoms with Gasteiger partial charge in [-0.05, 0) is 19.8 Å². The van der Waals surface area contributed by atoms with Crippen molar-refractivity contribution in [2.75, 3.05) is 0 Å². The maximum absolute atomic E-state index is 12.1. The lowest BCUT2D eigenvalue weighted by Crippen LogP contribution is -2.55. The fraction of sp³-hybridized carbons (Fsp3) is 0.750. The maximum atomic E-state index is 12.1. The number of rotatable bonds is 4. The Bertz CT molecular complexity index is 432. The molecule has 7 heteroatoms. The molecule has 0 saturated heterocycles. The summed E-state index contributed by atoms with van der Waals surface area (Å²) in [4.78, 5) is 16.3. The van der Waals surface area contributed by atoms with Gasteiger partial charge in [0.1, 0.15) is 12.2 Å². The van der Waals surface area contributed by atoms with Crippen molar-refractivity contribution in [3.63, 3.8) is 0 Å². The van der Waals surface area contributed by atoms with Crippen LogP contribution < -0.4 is 11.1 Å². The Labute approximate surface area is 119 Å². The second kappa shape index (κ2) is 6.34. The Kier molecular flexibility index (Phi) is 5.31. The fourth-order valence-corrected chi connectivity index (χ4v) is 2.34. The summed E-state index contributed by atoms with van der Waals surface area (Å²) >= 11 is 0. The van der Waals surface area contributed by atoms with E-state index in [0.717, 1.165) is 25.1 Å². The summed E-state index contributed by atoms with van der Waals surface area (Å²) < 4.78 is 1.85. The first kappa shape index (κ1) is 15.9. The fourth-order valence-electron chi connectivity index (χ4n) is 2.34. The number of halogens is 1. The third kappa shape index (κ3) is 3.67. The van der Waals surface area contributed by atoms with Crippen LogP contribution in [0.15, 0.2) is 6.33 Å². The molecule has 0 aromatic carbocycles. The number of amides is 1. The smallest absolute Gasteiger partial charge is 0.240 e. The van der Waals surface area contributed by atoms with Crippen LogP contribution in [-0.4, -0.2) is 32.3 Å². The van der Waals surface area contributed by atoms with Crippen molar-refractivity contribution in [3.8, 4) is 0 Å². The average molecular weight is 288 g/mol. The number of carbonyl (C=O) groups is 1. The minimum Gasteiger partial charge on any atom is -0.350 e. The van der Waals surface area contributed by atoms with Crippen LogP contribution in [0.5, 0.6) is 0 Å². The normalized spacial score (nSPS) is 20.9.